The van der Waals surface area contributed by atoms with Crippen molar-refractivity contribution in [1.82, 2.24) is 15.4 Å². The van der Waals surface area contributed by atoms with Gasteiger partial charge in [-0.1, -0.05) is 29.5 Å². The molecule has 4 rings (SSSR count). The molecule has 96 valence electrons. The van der Waals surface area contributed by atoms with Crippen LogP contribution in [0.5, 0.6) is 0 Å². The van der Waals surface area contributed by atoms with E-state index in [9.17, 15) is 4.79 Å². The molecule has 0 spiro atoms. The molecule has 2 N–H and O–H groups in total. The molecule has 0 radical (unpaired) electrons. The van der Waals surface area contributed by atoms with Gasteiger partial charge in [0, 0.05) is 16.8 Å². The van der Waals surface area contributed by atoms with Gasteiger partial charge in [-0.25, -0.2) is 0 Å². The Morgan fingerprint density at radius 3 is 2.95 bits per heavy atom. The molecule has 0 saturated carbocycles. The van der Waals surface area contributed by atoms with Gasteiger partial charge in [-0.2, -0.15) is 0 Å². The number of hydrogen-bond donors (Lipinski definition) is 2. The summed E-state index contributed by atoms with van der Waals surface area (Å²) in [4.78, 5) is 12.0. The maximum atomic E-state index is 12.0. The molecule has 2 aromatic carbocycles. The molecular formula is C15H10N4O. The fraction of sp³-hybridized carbons (Fsp3) is 0. The fourth-order valence-corrected chi connectivity index (χ4v) is 2.40. The molecule has 20 heavy (non-hydrogen) atoms. The Morgan fingerprint density at radius 2 is 2.00 bits per heavy atom. The van der Waals surface area contributed by atoms with Crippen LogP contribution in [-0.2, 0) is 4.79 Å². The number of aromatic nitrogens is 3. The van der Waals surface area contributed by atoms with Gasteiger partial charge in [-0.3, -0.25) is 9.89 Å². The summed E-state index contributed by atoms with van der Waals surface area (Å²) in [5.41, 5.74) is 5.04. The second kappa shape index (κ2) is 4.03. The number of H-pyrrole nitrogens is 1. The van der Waals surface area contributed by atoms with Crippen LogP contribution in [0.1, 0.15) is 11.1 Å². The van der Waals surface area contributed by atoms with E-state index in [0.717, 1.165) is 27.8 Å². The summed E-state index contributed by atoms with van der Waals surface area (Å²) in [5, 5.41) is 13.4. The number of hydrogen-bond acceptors (Lipinski definition) is 3. The zero-order valence-electron chi connectivity index (χ0n) is 10.4. The number of nitrogens with zero attached hydrogens (tertiary/aromatic N) is 2. The van der Waals surface area contributed by atoms with E-state index >= 15 is 0 Å². The second-order valence-corrected chi connectivity index (χ2v) is 4.65. The molecule has 5 nitrogen and oxygen atoms in total. The Bertz CT molecular complexity index is 863. The third-order valence-corrected chi connectivity index (χ3v) is 3.37. The fourth-order valence-electron chi connectivity index (χ4n) is 2.40. The first-order valence-corrected chi connectivity index (χ1v) is 6.24. The summed E-state index contributed by atoms with van der Waals surface area (Å²) in [6.07, 6.45) is 1.87. The minimum atomic E-state index is -0.0774. The molecular weight excluding hydrogens is 252 g/mol. The van der Waals surface area contributed by atoms with Crippen LogP contribution in [0, 0.1) is 0 Å². The predicted molar refractivity (Wildman–Crippen MR) is 76.8 cm³/mol. The quantitative estimate of drug-likeness (QED) is 0.662. The Balaban J connectivity index is 1.85. The first kappa shape index (κ1) is 10.9. The largest absolute Gasteiger partial charge is 0.321 e. The number of para-hydroxylation sites is 1. The van der Waals surface area contributed by atoms with Crippen LogP contribution >= 0.6 is 0 Å². The molecule has 0 saturated heterocycles. The van der Waals surface area contributed by atoms with Crippen LogP contribution in [0.4, 0.5) is 5.69 Å². The highest BCUT2D eigenvalue weighted by molar-refractivity contribution is 6.34. The van der Waals surface area contributed by atoms with E-state index in [1.54, 1.807) is 0 Å². The highest BCUT2D eigenvalue weighted by Crippen LogP contribution is 2.32. The standard InChI is InChI=1S/C15H10N4O/c20-15-11(10-3-1-2-4-12(10)16-15)7-9-5-6-13-14(8-9)18-19-17-13/h1-8H,(H,16,20)(H,17,18,19)/b11-7+. The maximum absolute atomic E-state index is 12.0. The van der Waals surface area contributed by atoms with Crippen LogP contribution in [0.25, 0.3) is 22.7 Å². The van der Waals surface area contributed by atoms with Crippen molar-refractivity contribution in [3.8, 4) is 0 Å². The second-order valence-electron chi connectivity index (χ2n) is 4.65. The van der Waals surface area contributed by atoms with Gasteiger partial charge in [-0.05, 0) is 29.8 Å². The van der Waals surface area contributed by atoms with Gasteiger partial charge in [0.05, 0.1) is 5.52 Å². The van der Waals surface area contributed by atoms with Gasteiger partial charge < -0.3 is 5.32 Å². The Labute approximate surface area is 114 Å². The number of aromatic amines is 1. The highest BCUT2D eigenvalue weighted by Gasteiger charge is 2.23. The normalized spacial score (nSPS) is 15.6. The third kappa shape index (κ3) is 1.60. The van der Waals surface area contributed by atoms with Crippen LogP contribution in [0.3, 0.4) is 0 Å². The van der Waals surface area contributed by atoms with Gasteiger partial charge >= 0.3 is 0 Å². The van der Waals surface area contributed by atoms with Crippen molar-refractivity contribution in [2.45, 2.75) is 0 Å². The minimum Gasteiger partial charge on any atom is -0.321 e. The van der Waals surface area contributed by atoms with Gasteiger partial charge in [0.25, 0.3) is 5.91 Å². The van der Waals surface area contributed by atoms with Crippen molar-refractivity contribution in [1.29, 1.82) is 0 Å². The number of carbonyl (C=O) groups excluding carboxylic acids is 1. The summed E-state index contributed by atoms with van der Waals surface area (Å²) in [6.45, 7) is 0. The Hall–Kier alpha value is -2.95. The van der Waals surface area contributed by atoms with Crippen LogP contribution in [-0.4, -0.2) is 21.3 Å². The molecule has 0 fully saturated rings. The molecule has 5 heteroatoms. The Kier molecular flexibility index (Phi) is 2.20. The van der Waals surface area contributed by atoms with E-state index in [1.165, 1.54) is 0 Å². The average molecular weight is 262 g/mol. The lowest BCUT2D eigenvalue weighted by Gasteiger charge is -1.98. The molecule has 3 aromatic rings. The lowest BCUT2D eigenvalue weighted by molar-refractivity contribution is -0.110. The molecule has 1 aliphatic heterocycles. The van der Waals surface area contributed by atoms with Crippen LogP contribution in [0.15, 0.2) is 42.5 Å². The first-order chi connectivity index (χ1) is 9.81. The summed E-state index contributed by atoms with van der Waals surface area (Å²) >= 11 is 0. The SMILES string of the molecule is O=C1Nc2ccccc2/C1=C\c1ccc2[nH]nnc2c1. The molecule has 0 bridgehead atoms. The predicted octanol–water partition coefficient (Wildman–Crippen LogP) is 2.45. The molecule has 1 aromatic heterocycles. The van der Waals surface area contributed by atoms with Gasteiger partial charge in [0.1, 0.15) is 5.52 Å². The molecule has 0 aliphatic carbocycles. The minimum absolute atomic E-state index is 0.0774. The first-order valence-electron chi connectivity index (χ1n) is 6.24. The molecule has 0 atom stereocenters. The number of fused-ring (bicyclic) bond motifs is 2. The van der Waals surface area contributed by atoms with Crippen molar-refractivity contribution >= 4 is 34.3 Å². The number of carbonyl (C=O) groups is 1. The molecule has 1 aliphatic rings. The zero-order valence-corrected chi connectivity index (χ0v) is 10.4. The van der Waals surface area contributed by atoms with Crippen molar-refractivity contribution in [2.24, 2.45) is 0 Å². The summed E-state index contributed by atoms with van der Waals surface area (Å²) < 4.78 is 0. The van der Waals surface area contributed by atoms with E-state index in [0.29, 0.717) is 5.57 Å². The topological polar surface area (TPSA) is 70.7 Å². The highest BCUT2D eigenvalue weighted by atomic mass is 16.2. The number of nitrogens with one attached hydrogen (secondary N) is 2. The molecule has 0 unspecified atom stereocenters. The van der Waals surface area contributed by atoms with Crippen molar-refractivity contribution in [2.75, 3.05) is 5.32 Å². The number of amides is 1. The summed E-state index contributed by atoms with van der Waals surface area (Å²) in [6, 6.07) is 13.4. The van der Waals surface area contributed by atoms with E-state index < -0.39 is 0 Å². The number of anilines is 1. The number of benzene rings is 2. The van der Waals surface area contributed by atoms with E-state index in [2.05, 4.69) is 20.7 Å². The van der Waals surface area contributed by atoms with E-state index in [1.807, 2.05) is 48.5 Å². The third-order valence-electron chi connectivity index (χ3n) is 3.37. The Morgan fingerprint density at radius 1 is 1.10 bits per heavy atom. The van der Waals surface area contributed by atoms with Crippen LogP contribution < -0.4 is 5.32 Å². The van der Waals surface area contributed by atoms with Crippen molar-refractivity contribution in [3.05, 3.63) is 53.6 Å². The summed E-state index contributed by atoms with van der Waals surface area (Å²) in [5.74, 6) is -0.0774. The van der Waals surface area contributed by atoms with E-state index in [4.69, 9.17) is 0 Å². The maximum Gasteiger partial charge on any atom is 0.256 e. The molecule has 2 heterocycles. The summed E-state index contributed by atoms with van der Waals surface area (Å²) in [7, 11) is 0. The molecule has 1 amide bonds. The van der Waals surface area contributed by atoms with E-state index in [-0.39, 0.29) is 5.91 Å². The van der Waals surface area contributed by atoms with Crippen LogP contribution in [0.2, 0.25) is 0 Å². The smallest absolute Gasteiger partial charge is 0.256 e. The zero-order chi connectivity index (χ0) is 13.5. The lowest BCUT2D eigenvalue weighted by atomic mass is 10.0. The monoisotopic (exact) mass is 262 g/mol. The van der Waals surface area contributed by atoms with Crippen molar-refractivity contribution < 1.29 is 4.79 Å². The van der Waals surface area contributed by atoms with Gasteiger partial charge in [-0.15, -0.1) is 5.10 Å². The lowest BCUT2D eigenvalue weighted by Crippen LogP contribution is -2.03. The average Bonchev–Trinajstić information content (AvgIpc) is 3.04. The van der Waals surface area contributed by atoms with Gasteiger partial charge in [0.15, 0.2) is 0 Å². The number of rotatable bonds is 1. The van der Waals surface area contributed by atoms with Crippen molar-refractivity contribution in [3.63, 3.8) is 0 Å². The van der Waals surface area contributed by atoms with Gasteiger partial charge in [0.2, 0.25) is 0 Å².